The maximum absolute atomic E-state index is 13.2. The maximum atomic E-state index is 13.2. The molecule has 0 unspecified atom stereocenters. The average Bonchev–Trinajstić information content (AvgIpc) is 3.09. The lowest BCUT2D eigenvalue weighted by Crippen LogP contribution is -2.41. The van der Waals surface area contributed by atoms with Gasteiger partial charge in [-0.15, -0.1) is 0 Å². The zero-order chi connectivity index (χ0) is 22.0. The van der Waals surface area contributed by atoms with Gasteiger partial charge in [-0.05, 0) is 73.0 Å². The number of pyridine rings is 2. The fourth-order valence-corrected chi connectivity index (χ4v) is 4.29. The van der Waals surface area contributed by atoms with Gasteiger partial charge in [-0.3, -0.25) is 14.6 Å². The second kappa shape index (κ2) is 9.01. The Morgan fingerprint density at radius 2 is 1.90 bits per heavy atom. The van der Waals surface area contributed by atoms with Crippen LogP contribution >= 0.6 is 15.9 Å². The van der Waals surface area contributed by atoms with Gasteiger partial charge >= 0.3 is 0 Å². The number of piperidine rings is 1. The molecule has 0 aliphatic carbocycles. The van der Waals surface area contributed by atoms with Crippen molar-refractivity contribution in [2.75, 3.05) is 18.4 Å². The van der Waals surface area contributed by atoms with Crippen LogP contribution in [0.2, 0.25) is 0 Å². The first-order valence-corrected chi connectivity index (χ1v) is 11.0. The topological polar surface area (TPSA) is 80.1 Å². The molecule has 7 nitrogen and oxygen atoms in total. The van der Waals surface area contributed by atoms with E-state index in [2.05, 4.69) is 31.2 Å². The van der Waals surface area contributed by atoms with Crippen molar-refractivity contribution in [3.63, 3.8) is 0 Å². The van der Waals surface area contributed by atoms with Gasteiger partial charge in [-0.1, -0.05) is 0 Å². The molecule has 31 heavy (non-hydrogen) atoms. The third-order valence-electron chi connectivity index (χ3n) is 5.70. The summed E-state index contributed by atoms with van der Waals surface area (Å²) in [5, 5.41) is 2.87. The minimum absolute atomic E-state index is 0.0108. The van der Waals surface area contributed by atoms with Crippen molar-refractivity contribution in [2.45, 2.75) is 26.7 Å². The summed E-state index contributed by atoms with van der Waals surface area (Å²) in [6.45, 7) is 5.06. The van der Waals surface area contributed by atoms with Crippen LogP contribution in [0.1, 0.15) is 34.6 Å². The van der Waals surface area contributed by atoms with Crippen molar-refractivity contribution in [3.05, 3.63) is 70.3 Å². The number of anilines is 1. The molecule has 3 aromatic heterocycles. The highest BCUT2D eigenvalue weighted by molar-refractivity contribution is 9.10. The first-order chi connectivity index (χ1) is 14.9. The van der Waals surface area contributed by atoms with Gasteiger partial charge in [-0.2, -0.15) is 0 Å². The molecule has 3 aromatic rings. The van der Waals surface area contributed by atoms with E-state index in [-0.39, 0.29) is 17.7 Å². The SMILES string of the molecule is Cc1cc(C(=O)N2CCC(C(=O)Nc3ccc(Br)cn3)CC2)c(C)n1-c1cccnc1. The van der Waals surface area contributed by atoms with Gasteiger partial charge in [0.15, 0.2) is 0 Å². The van der Waals surface area contributed by atoms with Crippen molar-refractivity contribution < 1.29 is 9.59 Å². The molecule has 1 fully saturated rings. The fourth-order valence-electron chi connectivity index (χ4n) is 4.06. The predicted molar refractivity (Wildman–Crippen MR) is 122 cm³/mol. The highest BCUT2D eigenvalue weighted by atomic mass is 79.9. The lowest BCUT2D eigenvalue weighted by Gasteiger charge is -2.31. The molecule has 2 amide bonds. The molecule has 0 aromatic carbocycles. The number of aromatic nitrogens is 3. The van der Waals surface area contributed by atoms with Crippen LogP contribution in [-0.4, -0.2) is 44.3 Å². The zero-order valence-corrected chi connectivity index (χ0v) is 19.1. The molecule has 0 bridgehead atoms. The van der Waals surface area contributed by atoms with Crippen LogP contribution in [0.3, 0.4) is 0 Å². The van der Waals surface area contributed by atoms with Gasteiger partial charge in [0.2, 0.25) is 5.91 Å². The molecule has 1 N–H and O–H groups in total. The van der Waals surface area contributed by atoms with Crippen molar-refractivity contribution in [2.24, 2.45) is 5.92 Å². The molecular weight excluding hydrogens is 458 g/mol. The van der Waals surface area contributed by atoms with E-state index in [0.717, 1.165) is 21.5 Å². The molecule has 0 atom stereocenters. The Morgan fingerprint density at radius 1 is 1.13 bits per heavy atom. The van der Waals surface area contributed by atoms with Gasteiger partial charge in [0.05, 0.1) is 17.4 Å². The molecule has 1 aliphatic heterocycles. The number of rotatable bonds is 4. The molecule has 0 radical (unpaired) electrons. The largest absolute Gasteiger partial charge is 0.339 e. The summed E-state index contributed by atoms with van der Waals surface area (Å²) in [4.78, 5) is 36.0. The third kappa shape index (κ3) is 4.54. The van der Waals surface area contributed by atoms with E-state index in [1.807, 2.05) is 47.6 Å². The number of amides is 2. The Hall–Kier alpha value is -3.00. The number of halogens is 1. The number of nitrogens with one attached hydrogen (secondary N) is 1. The molecule has 4 heterocycles. The molecule has 4 rings (SSSR count). The molecule has 1 saturated heterocycles. The van der Waals surface area contributed by atoms with E-state index < -0.39 is 0 Å². The number of hydrogen-bond donors (Lipinski definition) is 1. The van der Waals surface area contributed by atoms with Crippen LogP contribution in [-0.2, 0) is 4.79 Å². The highest BCUT2D eigenvalue weighted by Crippen LogP contribution is 2.25. The quantitative estimate of drug-likeness (QED) is 0.607. The predicted octanol–water partition coefficient (Wildman–Crippen LogP) is 4.14. The fraction of sp³-hybridized carbons (Fsp3) is 0.304. The Kier molecular flexibility index (Phi) is 6.18. The summed E-state index contributed by atoms with van der Waals surface area (Å²) in [5.41, 5.74) is 3.53. The van der Waals surface area contributed by atoms with Crippen LogP contribution in [0, 0.1) is 19.8 Å². The Balaban J connectivity index is 1.41. The van der Waals surface area contributed by atoms with Crippen LogP contribution in [0.15, 0.2) is 53.4 Å². The number of hydrogen-bond acceptors (Lipinski definition) is 4. The van der Waals surface area contributed by atoms with Crippen molar-refractivity contribution >= 4 is 33.6 Å². The first-order valence-electron chi connectivity index (χ1n) is 10.2. The third-order valence-corrected chi connectivity index (χ3v) is 6.17. The summed E-state index contributed by atoms with van der Waals surface area (Å²) >= 11 is 3.33. The van der Waals surface area contributed by atoms with E-state index in [1.54, 1.807) is 24.7 Å². The Labute approximate surface area is 189 Å². The van der Waals surface area contributed by atoms with Crippen LogP contribution in [0.5, 0.6) is 0 Å². The van der Waals surface area contributed by atoms with E-state index in [0.29, 0.717) is 37.3 Å². The summed E-state index contributed by atoms with van der Waals surface area (Å²) in [5.74, 6) is 0.375. The van der Waals surface area contributed by atoms with Gasteiger partial charge in [0.25, 0.3) is 5.91 Å². The first kappa shape index (κ1) is 21.2. The second-order valence-electron chi connectivity index (χ2n) is 7.75. The normalized spacial score (nSPS) is 14.5. The van der Waals surface area contributed by atoms with E-state index in [9.17, 15) is 9.59 Å². The van der Waals surface area contributed by atoms with Gasteiger partial charge in [0, 0.05) is 47.3 Å². The Bertz CT molecular complexity index is 1090. The van der Waals surface area contributed by atoms with Gasteiger partial charge in [-0.25, -0.2) is 4.98 Å². The van der Waals surface area contributed by atoms with Crippen molar-refractivity contribution in [1.29, 1.82) is 0 Å². The summed E-state index contributed by atoms with van der Waals surface area (Å²) in [6, 6.07) is 9.40. The van der Waals surface area contributed by atoms with E-state index >= 15 is 0 Å². The lowest BCUT2D eigenvalue weighted by molar-refractivity contribution is -0.121. The van der Waals surface area contributed by atoms with E-state index in [1.165, 1.54) is 0 Å². The second-order valence-corrected chi connectivity index (χ2v) is 8.66. The van der Waals surface area contributed by atoms with Crippen LogP contribution in [0.25, 0.3) is 5.69 Å². The smallest absolute Gasteiger partial charge is 0.255 e. The summed E-state index contributed by atoms with van der Waals surface area (Å²) in [7, 11) is 0. The minimum Gasteiger partial charge on any atom is -0.339 e. The number of carbonyl (C=O) groups excluding carboxylic acids is 2. The zero-order valence-electron chi connectivity index (χ0n) is 17.5. The lowest BCUT2D eigenvalue weighted by atomic mass is 9.95. The number of nitrogens with zero attached hydrogens (tertiary/aromatic N) is 4. The highest BCUT2D eigenvalue weighted by Gasteiger charge is 2.29. The average molecular weight is 482 g/mol. The van der Waals surface area contributed by atoms with Crippen molar-refractivity contribution in [3.8, 4) is 5.69 Å². The molecular formula is C23H24BrN5O2. The molecule has 0 saturated carbocycles. The number of carbonyl (C=O) groups is 2. The standard InChI is InChI=1S/C23H24BrN5O2/c1-15-12-20(16(2)29(15)19-4-3-9-25-14-19)23(31)28-10-7-17(8-11-28)22(30)27-21-6-5-18(24)13-26-21/h3-6,9,12-14,17H,7-8,10-11H2,1-2H3,(H,26,27,30). The van der Waals surface area contributed by atoms with E-state index in [4.69, 9.17) is 0 Å². The maximum Gasteiger partial charge on any atom is 0.255 e. The molecule has 160 valence electrons. The van der Waals surface area contributed by atoms with Gasteiger partial charge < -0.3 is 14.8 Å². The molecule has 8 heteroatoms. The molecule has 1 aliphatic rings. The summed E-state index contributed by atoms with van der Waals surface area (Å²) in [6.07, 6.45) is 6.44. The Morgan fingerprint density at radius 3 is 2.55 bits per heavy atom. The van der Waals surface area contributed by atoms with Crippen LogP contribution in [0.4, 0.5) is 5.82 Å². The number of likely N-dealkylation sites (tertiary alicyclic amines) is 1. The molecule has 0 spiro atoms. The van der Waals surface area contributed by atoms with Crippen molar-refractivity contribution in [1.82, 2.24) is 19.4 Å². The monoisotopic (exact) mass is 481 g/mol. The summed E-state index contributed by atoms with van der Waals surface area (Å²) < 4.78 is 2.91. The minimum atomic E-state index is -0.127. The number of aryl methyl sites for hydroxylation is 1. The van der Waals surface area contributed by atoms with Crippen LogP contribution < -0.4 is 5.32 Å². The van der Waals surface area contributed by atoms with Gasteiger partial charge in [0.1, 0.15) is 5.82 Å².